The summed E-state index contributed by atoms with van der Waals surface area (Å²) in [4.78, 5) is 19.1. The summed E-state index contributed by atoms with van der Waals surface area (Å²) in [6.07, 6.45) is 3.94. The molecule has 16 heavy (non-hydrogen) atoms. The molecule has 0 amide bonds. The van der Waals surface area contributed by atoms with Gasteiger partial charge in [-0.2, -0.15) is 0 Å². The van der Waals surface area contributed by atoms with Gasteiger partial charge in [-0.1, -0.05) is 6.42 Å². The first kappa shape index (κ1) is 11.7. The molecule has 1 aliphatic heterocycles. The lowest BCUT2D eigenvalue weighted by atomic mass is 10.1. The van der Waals surface area contributed by atoms with Crippen molar-refractivity contribution in [1.29, 1.82) is 0 Å². The molecular formula is C12H18N2OS. The van der Waals surface area contributed by atoms with Crippen LogP contribution < -0.4 is 0 Å². The predicted octanol–water partition coefficient (Wildman–Crippen LogP) is 2.64. The first-order chi connectivity index (χ1) is 7.66. The topological polar surface area (TPSA) is 33.2 Å². The van der Waals surface area contributed by atoms with Crippen LogP contribution in [0.1, 0.15) is 46.6 Å². The molecule has 0 radical (unpaired) electrons. The van der Waals surface area contributed by atoms with Gasteiger partial charge in [-0.25, -0.2) is 4.98 Å². The molecule has 0 spiro atoms. The maximum Gasteiger partial charge on any atom is 0.171 e. The smallest absolute Gasteiger partial charge is 0.171 e. The van der Waals surface area contributed by atoms with E-state index in [1.54, 1.807) is 18.3 Å². The zero-order valence-electron chi connectivity index (χ0n) is 9.95. The molecule has 2 rings (SSSR count). The van der Waals surface area contributed by atoms with Crippen molar-refractivity contribution in [3.8, 4) is 0 Å². The number of likely N-dealkylation sites (tertiary alicyclic amines) is 1. The Balaban J connectivity index is 2.03. The number of nitrogens with zero attached hydrogens (tertiary/aromatic N) is 2. The highest BCUT2D eigenvalue weighted by molar-refractivity contribution is 7.13. The van der Waals surface area contributed by atoms with E-state index in [1.807, 2.05) is 6.92 Å². The van der Waals surface area contributed by atoms with Crippen molar-refractivity contribution < 1.29 is 4.79 Å². The zero-order valence-corrected chi connectivity index (χ0v) is 10.8. The highest BCUT2D eigenvalue weighted by Crippen LogP contribution is 2.21. The molecule has 0 saturated carbocycles. The second-order valence-corrected chi connectivity index (χ2v) is 5.50. The van der Waals surface area contributed by atoms with E-state index in [1.165, 1.54) is 32.4 Å². The number of ketones is 1. The van der Waals surface area contributed by atoms with Crippen molar-refractivity contribution in [2.45, 2.75) is 39.7 Å². The fourth-order valence-electron chi connectivity index (χ4n) is 2.16. The van der Waals surface area contributed by atoms with Crippen molar-refractivity contribution in [1.82, 2.24) is 9.88 Å². The van der Waals surface area contributed by atoms with Gasteiger partial charge >= 0.3 is 0 Å². The van der Waals surface area contributed by atoms with Gasteiger partial charge in [0, 0.05) is 6.92 Å². The average molecular weight is 238 g/mol. The van der Waals surface area contributed by atoms with Crippen LogP contribution in [0.4, 0.5) is 0 Å². The minimum atomic E-state index is 0.139. The minimum absolute atomic E-state index is 0.139. The monoisotopic (exact) mass is 238 g/mol. The molecule has 0 bridgehead atoms. The summed E-state index contributed by atoms with van der Waals surface area (Å²) in [5.74, 6) is 0.139. The van der Waals surface area contributed by atoms with Crippen molar-refractivity contribution in [2.24, 2.45) is 0 Å². The summed E-state index contributed by atoms with van der Waals surface area (Å²) < 4.78 is 0. The summed E-state index contributed by atoms with van der Waals surface area (Å²) in [5, 5.41) is 1.09. The maximum absolute atomic E-state index is 11.3. The van der Waals surface area contributed by atoms with Gasteiger partial charge in [0.25, 0.3) is 0 Å². The molecule has 1 aliphatic rings. The van der Waals surface area contributed by atoms with E-state index in [0.717, 1.165) is 22.1 Å². The second-order valence-electron chi connectivity index (χ2n) is 4.42. The molecule has 2 heterocycles. The van der Waals surface area contributed by atoms with Gasteiger partial charge in [-0.15, -0.1) is 11.3 Å². The van der Waals surface area contributed by atoms with Crippen LogP contribution in [0.3, 0.4) is 0 Å². The van der Waals surface area contributed by atoms with E-state index >= 15 is 0 Å². The lowest BCUT2D eigenvalue weighted by Gasteiger charge is -2.25. The van der Waals surface area contributed by atoms with Crippen molar-refractivity contribution in [3.05, 3.63) is 15.6 Å². The summed E-state index contributed by atoms with van der Waals surface area (Å²) in [6, 6.07) is 0. The van der Waals surface area contributed by atoms with Gasteiger partial charge < -0.3 is 0 Å². The number of carbonyl (C=O) groups is 1. The molecule has 3 nitrogen and oxygen atoms in total. The number of thiazole rings is 1. The Morgan fingerprint density at radius 3 is 2.62 bits per heavy atom. The van der Waals surface area contributed by atoms with E-state index in [2.05, 4.69) is 9.88 Å². The molecule has 4 heteroatoms. The molecule has 1 saturated heterocycles. The van der Waals surface area contributed by atoms with Crippen molar-refractivity contribution >= 4 is 17.1 Å². The molecule has 88 valence electrons. The Hall–Kier alpha value is -0.740. The van der Waals surface area contributed by atoms with Crippen molar-refractivity contribution in [3.63, 3.8) is 0 Å². The van der Waals surface area contributed by atoms with E-state index in [-0.39, 0.29) is 5.78 Å². The first-order valence-electron chi connectivity index (χ1n) is 5.86. The minimum Gasteiger partial charge on any atom is -0.297 e. The van der Waals surface area contributed by atoms with E-state index < -0.39 is 0 Å². The van der Waals surface area contributed by atoms with Gasteiger partial charge in [-0.05, 0) is 32.9 Å². The van der Waals surface area contributed by atoms with Crippen molar-refractivity contribution in [2.75, 3.05) is 13.1 Å². The SMILES string of the molecule is CC(=O)c1sc(CN2CCCCC2)nc1C. The molecule has 1 aromatic heterocycles. The average Bonchev–Trinajstić information content (AvgIpc) is 2.61. The molecule has 1 aromatic rings. The standard InChI is InChI=1S/C12H18N2OS/c1-9-12(10(2)15)16-11(13-9)8-14-6-4-3-5-7-14/h3-8H2,1-2H3. The molecule has 0 atom stereocenters. The Labute approximate surface area is 100 Å². The van der Waals surface area contributed by atoms with Gasteiger partial charge in [0.2, 0.25) is 0 Å². The lowest BCUT2D eigenvalue weighted by Crippen LogP contribution is -2.28. The van der Waals surface area contributed by atoms with Gasteiger partial charge in [0.1, 0.15) is 5.01 Å². The lowest BCUT2D eigenvalue weighted by molar-refractivity contribution is 0.102. The number of Topliss-reactive ketones (excluding diaryl/α,β-unsaturated/α-hetero) is 1. The highest BCUT2D eigenvalue weighted by Gasteiger charge is 2.15. The summed E-state index contributed by atoms with van der Waals surface area (Å²) in [7, 11) is 0. The Bertz CT molecular complexity index is 380. The summed E-state index contributed by atoms with van der Waals surface area (Å²) in [6.45, 7) is 6.80. The largest absolute Gasteiger partial charge is 0.297 e. The summed E-state index contributed by atoms with van der Waals surface area (Å²) in [5.41, 5.74) is 0.893. The number of hydrogen-bond acceptors (Lipinski definition) is 4. The van der Waals surface area contributed by atoms with Crippen LogP contribution >= 0.6 is 11.3 Å². The van der Waals surface area contributed by atoms with Gasteiger partial charge in [0.15, 0.2) is 5.78 Å². The Kier molecular flexibility index (Phi) is 3.71. The number of hydrogen-bond donors (Lipinski definition) is 0. The maximum atomic E-state index is 11.3. The van der Waals surface area contributed by atoms with Gasteiger partial charge in [-0.3, -0.25) is 9.69 Å². The van der Waals surface area contributed by atoms with Crippen LogP contribution in [0.15, 0.2) is 0 Å². The molecule has 1 fully saturated rings. The Morgan fingerprint density at radius 1 is 1.38 bits per heavy atom. The fraction of sp³-hybridized carbons (Fsp3) is 0.667. The third-order valence-electron chi connectivity index (χ3n) is 2.97. The summed E-state index contributed by atoms with van der Waals surface area (Å²) >= 11 is 1.56. The fourth-order valence-corrected chi connectivity index (χ4v) is 3.16. The van der Waals surface area contributed by atoms with Crippen LogP contribution in [-0.2, 0) is 6.54 Å². The third-order valence-corrected chi connectivity index (χ3v) is 4.21. The number of aromatic nitrogens is 1. The normalized spacial score (nSPS) is 17.6. The highest BCUT2D eigenvalue weighted by atomic mass is 32.1. The third kappa shape index (κ3) is 2.68. The molecule has 0 aliphatic carbocycles. The van der Waals surface area contributed by atoms with E-state index in [9.17, 15) is 4.79 Å². The van der Waals surface area contributed by atoms with E-state index in [4.69, 9.17) is 0 Å². The quantitative estimate of drug-likeness (QED) is 0.759. The number of carbonyl (C=O) groups excluding carboxylic acids is 1. The zero-order chi connectivity index (χ0) is 11.5. The van der Waals surface area contributed by atoms with Crippen LogP contribution in [0.5, 0.6) is 0 Å². The number of piperidine rings is 1. The van der Waals surface area contributed by atoms with E-state index in [0.29, 0.717) is 0 Å². The predicted molar refractivity (Wildman–Crippen MR) is 66.0 cm³/mol. The van der Waals surface area contributed by atoms with Crippen LogP contribution in [0, 0.1) is 6.92 Å². The Morgan fingerprint density at radius 2 is 2.06 bits per heavy atom. The molecule has 0 N–H and O–H groups in total. The van der Waals surface area contributed by atoms with Gasteiger partial charge in [0.05, 0.1) is 17.1 Å². The number of aryl methyl sites for hydroxylation is 1. The first-order valence-corrected chi connectivity index (χ1v) is 6.68. The van der Waals surface area contributed by atoms with Crippen LogP contribution in [0.2, 0.25) is 0 Å². The molecule has 0 unspecified atom stereocenters. The molecular weight excluding hydrogens is 220 g/mol. The molecule has 0 aromatic carbocycles. The second kappa shape index (κ2) is 5.06. The number of rotatable bonds is 3. The van der Waals surface area contributed by atoms with Crippen LogP contribution in [0.25, 0.3) is 0 Å². The van der Waals surface area contributed by atoms with Crippen LogP contribution in [-0.4, -0.2) is 28.8 Å².